The third-order valence-electron chi connectivity index (χ3n) is 5.84. The van der Waals surface area contributed by atoms with Crippen LogP contribution >= 0.6 is 0 Å². The molecule has 2 heterocycles. The number of imide groups is 1. The average Bonchev–Trinajstić information content (AvgIpc) is 3.24. The Labute approximate surface area is 180 Å². The van der Waals surface area contributed by atoms with E-state index in [-0.39, 0.29) is 12.5 Å². The van der Waals surface area contributed by atoms with Gasteiger partial charge >= 0.3 is 6.03 Å². The van der Waals surface area contributed by atoms with Crippen LogP contribution in [-0.2, 0) is 28.1 Å². The maximum atomic E-state index is 13.0. The number of fused-ring (bicyclic) bond motifs is 1. The van der Waals surface area contributed by atoms with Crippen molar-refractivity contribution in [3.8, 4) is 0 Å². The fourth-order valence-electron chi connectivity index (χ4n) is 4.00. The van der Waals surface area contributed by atoms with Gasteiger partial charge < -0.3 is 14.6 Å². The first-order valence-electron chi connectivity index (χ1n) is 10.3. The lowest BCUT2D eigenvalue weighted by atomic mass is 9.92. The Bertz CT molecular complexity index is 1150. The number of carbonyl (C=O) groups excluding carboxylic acids is 3. The van der Waals surface area contributed by atoms with E-state index in [0.29, 0.717) is 18.5 Å². The molecule has 31 heavy (non-hydrogen) atoms. The Balaban J connectivity index is 1.51. The minimum Gasteiger partial charge on any atom is -0.461 e. The molecule has 3 aromatic rings. The number of amides is 4. The number of carbonyl (C=O) groups is 3. The molecular weight excluding hydrogens is 394 g/mol. The van der Waals surface area contributed by atoms with Crippen molar-refractivity contribution in [3.05, 3.63) is 71.5 Å². The Kier molecular flexibility index (Phi) is 5.27. The second kappa shape index (κ2) is 7.91. The van der Waals surface area contributed by atoms with Crippen LogP contribution in [0.5, 0.6) is 0 Å². The number of nitrogens with one attached hydrogen (secondary N) is 1. The van der Waals surface area contributed by atoms with Crippen LogP contribution in [0.25, 0.3) is 11.0 Å². The van der Waals surface area contributed by atoms with E-state index in [1.807, 2.05) is 49.4 Å². The molecule has 1 fully saturated rings. The van der Waals surface area contributed by atoms with Crippen molar-refractivity contribution in [2.24, 2.45) is 0 Å². The van der Waals surface area contributed by atoms with Crippen LogP contribution in [0, 0.1) is 0 Å². The molecular formula is C24H25N3O4. The van der Waals surface area contributed by atoms with E-state index in [9.17, 15) is 14.4 Å². The first-order valence-corrected chi connectivity index (χ1v) is 10.3. The first kappa shape index (κ1) is 20.7. The predicted octanol–water partition coefficient (Wildman–Crippen LogP) is 3.42. The zero-order valence-corrected chi connectivity index (χ0v) is 17.8. The van der Waals surface area contributed by atoms with Gasteiger partial charge in [0.15, 0.2) is 0 Å². The summed E-state index contributed by atoms with van der Waals surface area (Å²) in [5.74, 6) is 0.0640. The molecule has 0 radical (unpaired) electrons. The van der Waals surface area contributed by atoms with Crippen molar-refractivity contribution < 1.29 is 18.8 Å². The summed E-state index contributed by atoms with van der Waals surface area (Å²) in [5.41, 5.74) is 1.21. The van der Waals surface area contributed by atoms with E-state index < -0.39 is 17.5 Å². The van der Waals surface area contributed by atoms with Gasteiger partial charge in [0, 0.05) is 31.0 Å². The molecule has 4 amide bonds. The quantitative estimate of drug-likeness (QED) is 0.621. The number of nitrogens with zero attached hydrogens (tertiary/aromatic N) is 2. The molecule has 0 aliphatic carbocycles. The number of furan rings is 1. The summed E-state index contributed by atoms with van der Waals surface area (Å²) in [4.78, 5) is 41.0. The summed E-state index contributed by atoms with van der Waals surface area (Å²) in [7, 11) is 1.67. The smallest absolute Gasteiger partial charge is 0.325 e. The number of para-hydroxylation sites is 1. The highest BCUT2D eigenvalue weighted by Gasteiger charge is 2.49. The molecule has 7 heteroatoms. The van der Waals surface area contributed by atoms with Crippen molar-refractivity contribution in [2.75, 3.05) is 13.6 Å². The van der Waals surface area contributed by atoms with Gasteiger partial charge in [0.25, 0.3) is 5.91 Å². The molecule has 1 saturated heterocycles. The number of hydrogen-bond donors (Lipinski definition) is 1. The van der Waals surface area contributed by atoms with E-state index in [4.69, 9.17) is 4.42 Å². The highest BCUT2D eigenvalue weighted by molar-refractivity contribution is 6.09. The van der Waals surface area contributed by atoms with Gasteiger partial charge in [0.1, 0.15) is 23.4 Å². The number of rotatable bonds is 6. The average molecular weight is 419 g/mol. The lowest BCUT2D eigenvalue weighted by Gasteiger charge is -2.23. The maximum absolute atomic E-state index is 13.0. The van der Waals surface area contributed by atoms with Gasteiger partial charge in [-0.1, -0.05) is 55.5 Å². The summed E-state index contributed by atoms with van der Waals surface area (Å²) in [5, 5.41) is 3.69. The monoisotopic (exact) mass is 419 g/mol. The van der Waals surface area contributed by atoms with Crippen molar-refractivity contribution in [1.29, 1.82) is 0 Å². The molecule has 0 bridgehead atoms. The largest absolute Gasteiger partial charge is 0.461 e. The van der Waals surface area contributed by atoms with Crippen molar-refractivity contribution in [2.45, 2.75) is 32.4 Å². The van der Waals surface area contributed by atoms with Crippen LogP contribution in [0.3, 0.4) is 0 Å². The molecule has 2 aromatic carbocycles. The predicted molar refractivity (Wildman–Crippen MR) is 116 cm³/mol. The SMILES string of the molecule is CCc1oc2ccccc2c1CN(C)C(=O)CN1C(=O)NC(C)(c2ccccc2)C1=O. The van der Waals surface area contributed by atoms with Gasteiger partial charge in [-0.05, 0) is 18.6 Å². The Morgan fingerprint density at radius 2 is 1.77 bits per heavy atom. The standard InChI is InChI=1S/C24H25N3O4/c1-4-19-18(17-12-8-9-13-20(17)31-19)14-26(3)21(28)15-27-22(29)24(2,25-23(27)30)16-10-6-5-7-11-16/h5-13H,4,14-15H2,1-3H3,(H,25,30). The topological polar surface area (TPSA) is 82.9 Å². The lowest BCUT2D eigenvalue weighted by molar-refractivity contribution is -0.138. The van der Waals surface area contributed by atoms with E-state index in [1.165, 1.54) is 4.90 Å². The van der Waals surface area contributed by atoms with Gasteiger partial charge in [-0.15, -0.1) is 0 Å². The van der Waals surface area contributed by atoms with Crippen molar-refractivity contribution in [1.82, 2.24) is 15.1 Å². The summed E-state index contributed by atoms with van der Waals surface area (Å²) in [6.45, 7) is 3.67. The number of benzene rings is 2. The molecule has 1 atom stereocenters. The Morgan fingerprint density at radius 1 is 1.10 bits per heavy atom. The zero-order chi connectivity index (χ0) is 22.2. The second-order valence-corrected chi connectivity index (χ2v) is 7.92. The fraction of sp³-hybridized carbons (Fsp3) is 0.292. The highest BCUT2D eigenvalue weighted by atomic mass is 16.3. The maximum Gasteiger partial charge on any atom is 0.325 e. The van der Waals surface area contributed by atoms with E-state index >= 15 is 0 Å². The number of aryl methyl sites for hydroxylation is 1. The van der Waals surface area contributed by atoms with E-state index in [1.54, 1.807) is 26.1 Å². The van der Waals surface area contributed by atoms with Gasteiger partial charge in [0.2, 0.25) is 5.91 Å². The number of urea groups is 1. The molecule has 0 saturated carbocycles. The summed E-state index contributed by atoms with van der Waals surface area (Å²) in [6, 6.07) is 16.2. The van der Waals surface area contributed by atoms with Gasteiger partial charge in [0.05, 0.1) is 0 Å². The molecule has 160 valence electrons. The molecule has 1 aliphatic rings. The molecule has 0 spiro atoms. The van der Waals surface area contributed by atoms with Crippen LogP contribution in [0.4, 0.5) is 4.79 Å². The van der Waals surface area contributed by atoms with Crippen LogP contribution in [0.15, 0.2) is 59.0 Å². The Morgan fingerprint density at radius 3 is 2.48 bits per heavy atom. The lowest BCUT2D eigenvalue weighted by Crippen LogP contribution is -2.43. The van der Waals surface area contributed by atoms with Crippen molar-refractivity contribution >= 4 is 28.8 Å². The second-order valence-electron chi connectivity index (χ2n) is 7.92. The fourth-order valence-corrected chi connectivity index (χ4v) is 4.00. The van der Waals surface area contributed by atoms with E-state index in [0.717, 1.165) is 27.2 Å². The summed E-state index contributed by atoms with van der Waals surface area (Å²) < 4.78 is 5.91. The highest BCUT2D eigenvalue weighted by Crippen LogP contribution is 2.29. The molecule has 1 aromatic heterocycles. The summed E-state index contributed by atoms with van der Waals surface area (Å²) >= 11 is 0. The normalized spacial score (nSPS) is 18.5. The zero-order valence-electron chi connectivity index (χ0n) is 17.8. The number of likely N-dealkylation sites (N-methyl/N-ethyl adjacent to an activating group) is 1. The molecule has 1 N–H and O–H groups in total. The van der Waals surface area contributed by atoms with Crippen LogP contribution < -0.4 is 5.32 Å². The minimum atomic E-state index is -1.19. The van der Waals surface area contributed by atoms with Crippen LogP contribution in [-0.4, -0.2) is 41.2 Å². The van der Waals surface area contributed by atoms with Gasteiger partial charge in [-0.25, -0.2) is 4.79 Å². The molecule has 7 nitrogen and oxygen atoms in total. The molecule has 4 rings (SSSR count). The van der Waals surface area contributed by atoms with E-state index in [2.05, 4.69) is 5.32 Å². The van der Waals surface area contributed by atoms with Crippen LogP contribution in [0.2, 0.25) is 0 Å². The van der Waals surface area contributed by atoms with Crippen molar-refractivity contribution in [3.63, 3.8) is 0 Å². The third-order valence-corrected chi connectivity index (χ3v) is 5.84. The molecule has 1 unspecified atom stereocenters. The first-order chi connectivity index (χ1) is 14.8. The third kappa shape index (κ3) is 3.56. The van der Waals surface area contributed by atoms with Gasteiger partial charge in [-0.3, -0.25) is 14.5 Å². The molecule has 1 aliphatic heterocycles. The van der Waals surface area contributed by atoms with Gasteiger partial charge in [-0.2, -0.15) is 0 Å². The summed E-state index contributed by atoms with van der Waals surface area (Å²) in [6.07, 6.45) is 0.703. The Hall–Kier alpha value is -3.61. The van der Waals surface area contributed by atoms with Crippen LogP contribution in [0.1, 0.15) is 30.7 Å². The minimum absolute atomic E-state index is 0.319. The number of hydrogen-bond acceptors (Lipinski definition) is 4.